The summed E-state index contributed by atoms with van der Waals surface area (Å²) in [6.07, 6.45) is 21.0. The lowest BCUT2D eigenvalue weighted by Gasteiger charge is -2.16. The van der Waals surface area contributed by atoms with Crippen LogP contribution in [0, 0.1) is 0 Å². The fourth-order valence-electron chi connectivity index (χ4n) is 5.24. The second kappa shape index (κ2) is 23.4. The van der Waals surface area contributed by atoms with Crippen LogP contribution in [-0.4, -0.2) is 49.8 Å². The van der Waals surface area contributed by atoms with Crippen molar-refractivity contribution < 1.29 is 24.2 Å². The van der Waals surface area contributed by atoms with Crippen molar-refractivity contribution in [3.05, 3.63) is 54.1 Å². The molecule has 0 aliphatic heterocycles. The lowest BCUT2D eigenvalue weighted by atomic mass is 10.0. The number of rotatable bonds is 24. The standard InChI is InChI=1S/C34H50N6O5S2/c1-3-4-5-6-7-8-9-10-11-12-13-14-15-16-17-20-26-39(2)34(42)46-33-36-37-38-40(33)29-23-21-22-28(27-29)35-32(41)30-24-18-19-25-31(30)47-45-44-43/h18-19,21-25,27,43H,3-17,20,26H2,1-2H3,(H,35,41)/p-1. The summed E-state index contributed by atoms with van der Waals surface area (Å²) in [5.41, 5.74) is 1.37. The molecule has 2 amide bonds. The Labute approximate surface area is 287 Å². The number of amides is 2. The molecular weight excluding hydrogens is 637 g/mol. The van der Waals surface area contributed by atoms with Crippen LogP contribution in [0.5, 0.6) is 0 Å². The summed E-state index contributed by atoms with van der Waals surface area (Å²) in [6.45, 7) is 2.95. The zero-order valence-corrected chi connectivity index (χ0v) is 29.4. The van der Waals surface area contributed by atoms with Crippen LogP contribution in [0.4, 0.5) is 10.5 Å². The molecular formula is C34H49N6O5S2-. The van der Waals surface area contributed by atoms with Gasteiger partial charge in [0, 0.05) is 31.0 Å². The molecule has 1 N–H and O–H groups in total. The molecule has 0 atom stereocenters. The van der Waals surface area contributed by atoms with Gasteiger partial charge in [0.1, 0.15) is 0 Å². The zero-order valence-electron chi connectivity index (χ0n) is 27.7. The molecule has 0 saturated heterocycles. The molecule has 0 unspecified atom stereocenters. The molecule has 1 heterocycles. The summed E-state index contributed by atoms with van der Waals surface area (Å²) < 4.78 is 5.84. The third-order valence-electron chi connectivity index (χ3n) is 7.91. The Morgan fingerprint density at radius 2 is 1.47 bits per heavy atom. The fraction of sp³-hybridized carbons (Fsp3) is 0.559. The van der Waals surface area contributed by atoms with E-state index < -0.39 is 5.91 Å². The molecule has 11 nitrogen and oxygen atoms in total. The maximum atomic E-state index is 12.9. The molecule has 0 aliphatic carbocycles. The summed E-state index contributed by atoms with van der Waals surface area (Å²) in [5, 5.41) is 28.5. The minimum atomic E-state index is -0.406. The van der Waals surface area contributed by atoms with E-state index in [2.05, 4.69) is 37.1 Å². The SMILES string of the molecule is CCCCCCCCCCCCCCCCCCN(C)C(=O)Sc1nnnn1-c1cccc(NC(=O)c2ccccc2SOO[O-])c1. The number of carbonyl (C=O) groups excluding carboxylic acids is 2. The van der Waals surface area contributed by atoms with Gasteiger partial charge < -0.3 is 15.5 Å². The largest absolute Gasteiger partial charge is 0.691 e. The smallest absolute Gasteiger partial charge is 0.289 e. The van der Waals surface area contributed by atoms with E-state index >= 15 is 0 Å². The summed E-state index contributed by atoms with van der Waals surface area (Å²) in [7, 11) is 1.80. The van der Waals surface area contributed by atoms with Crippen molar-refractivity contribution in [1.82, 2.24) is 25.1 Å². The first kappa shape index (κ1) is 38.5. The predicted octanol–water partition coefficient (Wildman–Crippen LogP) is 8.55. The minimum Gasteiger partial charge on any atom is -0.691 e. The van der Waals surface area contributed by atoms with E-state index in [9.17, 15) is 14.8 Å². The molecule has 0 radical (unpaired) electrons. The molecule has 0 fully saturated rings. The quantitative estimate of drug-likeness (QED) is 0.0321. The summed E-state index contributed by atoms with van der Waals surface area (Å²) in [4.78, 5) is 28.0. The normalized spacial score (nSPS) is 11.1. The van der Waals surface area contributed by atoms with E-state index in [1.54, 1.807) is 60.5 Å². The lowest BCUT2D eigenvalue weighted by Crippen LogP contribution is -2.24. The van der Waals surface area contributed by atoms with E-state index in [1.165, 1.54) is 94.6 Å². The Bertz CT molecular complexity index is 1330. The van der Waals surface area contributed by atoms with Gasteiger partial charge in [-0.25, -0.2) is 0 Å². The van der Waals surface area contributed by atoms with Crippen LogP contribution < -0.4 is 10.6 Å². The highest BCUT2D eigenvalue weighted by Crippen LogP contribution is 2.26. The predicted molar refractivity (Wildman–Crippen MR) is 185 cm³/mol. The van der Waals surface area contributed by atoms with E-state index in [-0.39, 0.29) is 5.24 Å². The number of nitrogens with one attached hydrogen (secondary N) is 1. The number of hydrogen-bond donors (Lipinski definition) is 1. The minimum absolute atomic E-state index is 0.134. The number of aromatic nitrogens is 4. The van der Waals surface area contributed by atoms with Crippen molar-refractivity contribution in [3.8, 4) is 5.69 Å². The average molecular weight is 686 g/mol. The van der Waals surface area contributed by atoms with Gasteiger partial charge in [-0.2, -0.15) is 9.02 Å². The van der Waals surface area contributed by atoms with E-state index in [1.807, 2.05) is 0 Å². The highest BCUT2D eigenvalue weighted by molar-refractivity contribution is 8.13. The van der Waals surface area contributed by atoms with Crippen LogP contribution in [0.2, 0.25) is 0 Å². The van der Waals surface area contributed by atoms with Crippen molar-refractivity contribution in [3.63, 3.8) is 0 Å². The number of nitrogens with zero attached hydrogens (tertiary/aromatic N) is 5. The number of tetrazole rings is 1. The van der Waals surface area contributed by atoms with Gasteiger partial charge in [-0.05, 0) is 47.2 Å². The Kier molecular flexibility index (Phi) is 19.1. The Morgan fingerprint density at radius 1 is 0.851 bits per heavy atom. The van der Waals surface area contributed by atoms with Crippen LogP contribution in [0.3, 0.4) is 0 Å². The number of carbonyl (C=O) groups is 2. The van der Waals surface area contributed by atoms with Gasteiger partial charge in [0.15, 0.2) is 0 Å². The molecule has 2 aromatic carbocycles. The summed E-state index contributed by atoms with van der Waals surface area (Å²) in [6, 6.07) is 13.6. The molecule has 47 heavy (non-hydrogen) atoms. The van der Waals surface area contributed by atoms with Crippen LogP contribution in [0.1, 0.15) is 120 Å². The summed E-state index contributed by atoms with van der Waals surface area (Å²) in [5.74, 6) is -0.406. The molecule has 258 valence electrons. The molecule has 3 aromatic rings. The van der Waals surface area contributed by atoms with Gasteiger partial charge in [-0.15, -0.1) is 5.10 Å². The van der Waals surface area contributed by atoms with E-state index in [4.69, 9.17) is 0 Å². The third-order valence-corrected chi connectivity index (χ3v) is 9.49. The zero-order chi connectivity index (χ0) is 33.5. The van der Waals surface area contributed by atoms with Gasteiger partial charge in [0.25, 0.3) is 11.1 Å². The monoisotopic (exact) mass is 685 g/mol. The van der Waals surface area contributed by atoms with Gasteiger partial charge >= 0.3 is 0 Å². The van der Waals surface area contributed by atoms with Crippen molar-refractivity contribution in [2.75, 3.05) is 18.9 Å². The Hall–Kier alpha value is -2.97. The van der Waals surface area contributed by atoms with Crippen molar-refractivity contribution in [2.24, 2.45) is 0 Å². The van der Waals surface area contributed by atoms with Crippen molar-refractivity contribution in [1.29, 1.82) is 0 Å². The number of unbranched alkanes of at least 4 members (excludes halogenated alkanes) is 15. The van der Waals surface area contributed by atoms with Crippen molar-refractivity contribution in [2.45, 2.75) is 120 Å². The van der Waals surface area contributed by atoms with Gasteiger partial charge in [0.2, 0.25) is 5.16 Å². The fourth-order valence-corrected chi connectivity index (χ4v) is 6.44. The highest BCUT2D eigenvalue weighted by atomic mass is 32.2. The Morgan fingerprint density at radius 3 is 2.11 bits per heavy atom. The number of hydrogen-bond acceptors (Lipinski definition) is 10. The first-order valence-corrected chi connectivity index (χ1v) is 18.4. The molecule has 0 aliphatic rings. The lowest BCUT2D eigenvalue weighted by molar-refractivity contribution is -0.777. The van der Waals surface area contributed by atoms with Crippen LogP contribution >= 0.6 is 23.8 Å². The molecule has 1 aromatic heterocycles. The summed E-state index contributed by atoms with van der Waals surface area (Å²) >= 11 is 1.61. The number of thioether (sulfide) groups is 1. The molecule has 3 rings (SSSR count). The average Bonchev–Trinajstić information content (AvgIpc) is 3.55. The molecule has 13 heteroatoms. The van der Waals surface area contributed by atoms with Crippen LogP contribution in [0.15, 0.2) is 58.6 Å². The molecule has 0 spiro atoms. The number of benzene rings is 2. The first-order valence-electron chi connectivity index (χ1n) is 16.9. The van der Waals surface area contributed by atoms with Gasteiger partial charge in [0.05, 0.1) is 28.2 Å². The van der Waals surface area contributed by atoms with Crippen LogP contribution in [-0.2, 0) is 9.37 Å². The van der Waals surface area contributed by atoms with Crippen LogP contribution in [0.25, 0.3) is 5.69 Å². The molecule has 0 saturated carbocycles. The Balaban J connectivity index is 1.34. The van der Waals surface area contributed by atoms with E-state index in [0.29, 0.717) is 45.6 Å². The number of anilines is 1. The topological polar surface area (TPSA) is 135 Å². The second-order valence-corrected chi connectivity index (χ2v) is 13.3. The maximum absolute atomic E-state index is 12.9. The second-order valence-electron chi connectivity index (χ2n) is 11.7. The van der Waals surface area contributed by atoms with Crippen molar-refractivity contribution >= 4 is 40.6 Å². The highest BCUT2D eigenvalue weighted by Gasteiger charge is 2.18. The van der Waals surface area contributed by atoms with E-state index in [0.717, 1.165) is 24.6 Å². The van der Waals surface area contributed by atoms with Gasteiger partial charge in [-0.1, -0.05) is 121 Å². The molecule has 0 bridgehead atoms. The first-order chi connectivity index (χ1) is 23.0. The maximum Gasteiger partial charge on any atom is 0.289 e. The third kappa shape index (κ3) is 14.8. The van der Waals surface area contributed by atoms with Gasteiger partial charge in [-0.3, -0.25) is 14.6 Å².